The van der Waals surface area contributed by atoms with Gasteiger partial charge >= 0.3 is 5.97 Å². The number of nitrogens with zero attached hydrogens (tertiary/aromatic N) is 1. The Labute approximate surface area is 108 Å². The highest BCUT2D eigenvalue weighted by Crippen LogP contribution is 2.21. The number of hydrogen-bond donors (Lipinski definition) is 1. The minimum atomic E-state index is -0.993. The minimum absolute atomic E-state index is 0.0319. The number of hydrogen-bond acceptors (Lipinski definition) is 2. The number of rotatable bonds is 3. The summed E-state index contributed by atoms with van der Waals surface area (Å²) in [6.07, 6.45) is 0.407. The van der Waals surface area contributed by atoms with E-state index in [1.165, 1.54) is 17.0 Å². The Bertz CT molecular complexity index is 519. The first kappa shape index (κ1) is 13.5. The summed E-state index contributed by atoms with van der Waals surface area (Å²) in [6.45, 7) is -0.0731. The first-order valence-electron chi connectivity index (χ1n) is 5.92. The van der Waals surface area contributed by atoms with Crippen molar-refractivity contribution in [2.75, 3.05) is 6.54 Å². The second kappa shape index (κ2) is 5.34. The van der Waals surface area contributed by atoms with Gasteiger partial charge < -0.3 is 10.0 Å². The number of amides is 1. The van der Waals surface area contributed by atoms with Crippen LogP contribution in [0.4, 0.5) is 8.78 Å². The van der Waals surface area contributed by atoms with Crippen molar-refractivity contribution in [3.8, 4) is 0 Å². The molecular weight excluding hydrogens is 256 g/mol. The van der Waals surface area contributed by atoms with Crippen molar-refractivity contribution in [2.45, 2.75) is 19.4 Å². The molecule has 1 aromatic carbocycles. The van der Waals surface area contributed by atoms with Crippen molar-refractivity contribution >= 4 is 11.9 Å². The SMILES string of the molecule is O=C(O)C1CCC(=O)N(Cc2cccc(F)c2F)C1. The minimum Gasteiger partial charge on any atom is -0.481 e. The molecule has 6 heteroatoms. The lowest BCUT2D eigenvalue weighted by atomic mass is 9.97. The van der Waals surface area contributed by atoms with Gasteiger partial charge in [0.15, 0.2) is 11.6 Å². The number of carbonyl (C=O) groups is 2. The third kappa shape index (κ3) is 2.89. The lowest BCUT2D eigenvalue weighted by Crippen LogP contribution is -2.42. The molecule has 0 aliphatic carbocycles. The zero-order valence-corrected chi connectivity index (χ0v) is 10.1. The average molecular weight is 269 g/mol. The summed E-state index contributed by atoms with van der Waals surface area (Å²) < 4.78 is 26.6. The predicted molar refractivity (Wildman–Crippen MR) is 62.1 cm³/mol. The fraction of sp³-hybridized carbons (Fsp3) is 0.385. The second-order valence-electron chi connectivity index (χ2n) is 4.56. The summed E-state index contributed by atoms with van der Waals surface area (Å²) >= 11 is 0. The van der Waals surface area contributed by atoms with Crippen LogP contribution in [0.5, 0.6) is 0 Å². The van der Waals surface area contributed by atoms with Crippen LogP contribution in [-0.2, 0) is 16.1 Å². The van der Waals surface area contributed by atoms with Gasteiger partial charge in [0.05, 0.1) is 5.92 Å². The van der Waals surface area contributed by atoms with Gasteiger partial charge in [-0.3, -0.25) is 9.59 Å². The molecule has 4 nitrogen and oxygen atoms in total. The van der Waals surface area contributed by atoms with Gasteiger partial charge in [0, 0.05) is 25.1 Å². The van der Waals surface area contributed by atoms with Crippen LogP contribution in [0.3, 0.4) is 0 Å². The van der Waals surface area contributed by atoms with E-state index in [-0.39, 0.29) is 37.4 Å². The molecule has 102 valence electrons. The highest BCUT2D eigenvalue weighted by atomic mass is 19.2. The largest absolute Gasteiger partial charge is 0.481 e. The molecule has 1 atom stereocenters. The Morgan fingerprint density at radius 3 is 2.84 bits per heavy atom. The molecule has 0 spiro atoms. The maximum absolute atomic E-state index is 13.5. The standard InChI is InChI=1S/C13H13F2NO3/c14-10-3-1-2-8(12(10)15)6-16-7-9(13(18)19)4-5-11(16)17/h1-3,9H,4-7H2,(H,18,19). The molecule has 1 heterocycles. The highest BCUT2D eigenvalue weighted by Gasteiger charge is 2.30. The topological polar surface area (TPSA) is 57.6 Å². The van der Waals surface area contributed by atoms with Crippen LogP contribution in [0.2, 0.25) is 0 Å². The van der Waals surface area contributed by atoms with Gasteiger partial charge in [0.1, 0.15) is 0 Å². The Morgan fingerprint density at radius 1 is 1.42 bits per heavy atom. The molecule has 1 aliphatic rings. The van der Waals surface area contributed by atoms with Crippen molar-refractivity contribution in [1.29, 1.82) is 0 Å². The fourth-order valence-electron chi connectivity index (χ4n) is 2.15. The number of benzene rings is 1. The third-order valence-electron chi connectivity index (χ3n) is 3.24. The molecule has 0 saturated carbocycles. The zero-order chi connectivity index (χ0) is 14.0. The number of carboxylic acids is 1. The van der Waals surface area contributed by atoms with E-state index in [1.807, 2.05) is 0 Å². The number of carbonyl (C=O) groups excluding carboxylic acids is 1. The van der Waals surface area contributed by atoms with E-state index in [1.54, 1.807) is 0 Å². The number of likely N-dealkylation sites (tertiary alicyclic amines) is 1. The van der Waals surface area contributed by atoms with Crippen LogP contribution in [0.25, 0.3) is 0 Å². The molecule has 1 fully saturated rings. The van der Waals surface area contributed by atoms with Crippen LogP contribution >= 0.6 is 0 Å². The summed E-state index contributed by atoms with van der Waals surface area (Å²) in [4.78, 5) is 23.9. The predicted octanol–water partition coefficient (Wildman–Crippen LogP) is 1.79. The first-order valence-corrected chi connectivity index (χ1v) is 5.92. The number of aliphatic carboxylic acids is 1. The molecule has 1 aromatic rings. The second-order valence-corrected chi connectivity index (χ2v) is 4.56. The molecule has 1 saturated heterocycles. The maximum atomic E-state index is 13.5. The van der Waals surface area contributed by atoms with Crippen molar-refractivity contribution < 1.29 is 23.5 Å². The van der Waals surface area contributed by atoms with Crippen molar-refractivity contribution in [1.82, 2.24) is 4.90 Å². The number of carboxylic acid groups (broad SMARTS) is 1. The van der Waals surface area contributed by atoms with E-state index in [4.69, 9.17) is 5.11 Å². The molecule has 2 rings (SSSR count). The Hall–Kier alpha value is -1.98. The Morgan fingerprint density at radius 2 is 2.16 bits per heavy atom. The van der Waals surface area contributed by atoms with Crippen molar-refractivity contribution in [3.63, 3.8) is 0 Å². The summed E-state index contributed by atoms with van der Waals surface area (Å²) in [6, 6.07) is 3.74. The monoisotopic (exact) mass is 269 g/mol. The summed E-state index contributed by atoms with van der Waals surface area (Å²) in [5.74, 6) is -3.82. The lowest BCUT2D eigenvalue weighted by Gasteiger charge is -2.30. The van der Waals surface area contributed by atoms with Crippen molar-refractivity contribution in [2.24, 2.45) is 5.92 Å². The molecule has 0 radical (unpaired) electrons. The van der Waals surface area contributed by atoms with E-state index in [0.29, 0.717) is 0 Å². The van der Waals surface area contributed by atoms with E-state index >= 15 is 0 Å². The number of halogens is 2. The molecule has 1 N–H and O–H groups in total. The molecular formula is C13H13F2NO3. The van der Waals surface area contributed by atoms with Crippen LogP contribution in [0.15, 0.2) is 18.2 Å². The maximum Gasteiger partial charge on any atom is 0.308 e. The Balaban J connectivity index is 2.14. The highest BCUT2D eigenvalue weighted by molar-refractivity contribution is 5.80. The molecule has 1 unspecified atom stereocenters. The van der Waals surface area contributed by atoms with Crippen molar-refractivity contribution in [3.05, 3.63) is 35.4 Å². The van der Waals surface area contributed by atoms with Gasteiger partial charge in [-0.15, -0.1) is 0 Å². The van der Waals surface area contributed by atoms with Crippen LogP contribution in [-0.4, -0.2) is 28.4 Å². The summed E-state index contributed by atoms with van der Waals surface area (Å²) in [7, 11) is 0. The smallest absolute Gasteiger partial charge is 0.308 e. The third-order valence-corrected chi connectivity index (χ3v) is 3.24. The van der Waals surface area contributed by atoms with Gasteiger partial charge in [-0.25, -0.2) is 8.78 Å². The molecule has 0 aromatic heterocycles. The average Bonchev–Trinajstić information content (AvgIpc) is 2.37. The Kier molecular flexibility index (Phi) is 3.78. The lowest BCUT2D eigenvalue weighted by molar-refractivity contribution is -0.147. The summed E-state index contributed by atoms with van der Waals surface area (Å²) in [5, 5.41) is 8.94. The van der Waals surface area contributed by atoms with Crippen LogP contribution < -0.4 is 0 Å². The van der Waals surface area contributed by atoms with E-state index in [0.717, 1.165) is 6.07 Å². The number of piperidine rings is 1. The normalized spacial score (nSPS) is 19.6. The van der Waals surface area contributed by atoms with Gasteiger partial charge in [0.25, 0.3) is 0 Å². The van der Waals surface area contributed by atoms with E-state index < -0.39 is 23.5 Å². The van der Waals surface area contributed by atoms with Crippen LogP contribution in [0.1, 0.15) is 18.4 Å². The first-order chi connectivity index (χ1) is 8.99. The molecule has 0 bridgehead atoms. The van der Waals surface area contributed by atoms with Gasteiger partial charge in [0.2, 0.25) is 5.91 Å². The van der Waals surface area contributed by atoms with E-state index in [9.17, 15) is 18.4 Å². The zero-order valence-electron chi connectivity index (χ0n) is 10.1. The quantitative estimate of drug-likeness (QED) is 0.910. The van der Waals surface area contributed by atoms with Gasteiger partial charge in [-0.1, -0.05) is 12.1 Å². The fourth-order valence-corrected chi connectivity index (χ4v) is 2.15. The van der Waals surface area contributed by atoms with E-state index in [2.05, 4.69) is 0 Å². The molecule has 1 aliphatic heterocycles. The van der Waals surface area contributed by atoms with Gasteiger partial charge in [-0.05, 0) is 12.5 Å². The molecule has 1 amide bonds. The summed E-state index contributed by atoms with van der Waals surface area (Å²) in [5.41, 5.74) is 0.0550. The molecule has 19 heavy (non-hydrogen) atoms. The van der Waals surface area contributed by atoms with Crippen LogP contribution in [0, 0.1) is 17.6 Å². The van der Waals surface area contributed by atoms with Gasteiger partial charge in [-0.2, -0.15) is 0 Å².